The van der Waals surface area contributed by atoms with Crippen LogP contribution in [0.2, 0.25) is 0 Å². The van der Waals surface area contributed by atoms with E-state index in [-0.39, 0.29) is 5.91 Å². The summed E-state index contributed by atoms with van der Waals surface area (Å²) in [6.07, 6.45) is -0.374. The molecule has 0 aliphatic heterocycles. The Morgan fingerprint density at radius 1 is 1.17 bits per heavy atom. The first-order chi connectivity index (χ1) is 8.61. The van der Waals surface area contributed by atoms with Crippen molar-refractivity contribution in [2.24, 2.45) is 0 Å². The van der Waals surface area contributed by atoms with Crippen LogP contribution in [0.25, 0.3) is 0 Å². The van der Waals surface area contributed by atoms with E-state index in [9.17, 15) is 9.59 Å². The van der Waals surface area contributed by atoms with Crippen molar-refractivity contribution in [1.82, 2.24) is 10.6 Å². The summed E-state index contributed by atoms with van der Waals surface area (Å²) in [6.45, 7) is 2.32. The summed E-state index contributed by atoms with van der Waals surface area (Å²) in [7, 11) is 0. The van der Waals surface area contributed by atoms with Crippen molar-refractivity contribution in [2.45, 2.75) is 19.4 Å². The van der Waals surface area contributed by atoms with Crippen molar-refractivity contribution in [3.05, 3.63) is 35.9 Å². The molecule has 0 bridgehead atoms. The maximum Gasteiger partial charge on any atom is 0.251 e. The zero-order valence-corrected chi connectivity index (χ0v) is 10.3. The lowest BCUT2D eigenvalue weighted by Crippen LogP contribution is -2.35. The van der Waals surface area contributed by atoms with E-state index in [1.54, 1.807) is 24.3 Å². The lowest BCUT2D eigenvalue weighted by atomic mass is 10.2. The Bertz CT molecular complexity index is 390. The van der Waals surface area contributed by atoms with Gasteiger partial charge in [-0.2, -0.15) is 0 Å². The van der Waals surface area contributed by atoms with Gasteiger partial charge < -0.3 is 15.7 Å². The van der Waals surface area contributed by atoms with E-state index in [2.05, 4.69) is 10.6 Å². The van der Waals surface area contributed by atoms with Gasteiger partial charge in [0.15, 0.2) is 0 Å². The number of aliphatic hydroxyl groups is 1. The number of carbonyl (C=O) groups excluding carboxylic acids is 2. The van der Waals surface area contributed by atoms with Gasteiger partial charge in [0.05, 0.1) is 0 Å². The summed E-state index contributed by atoms with van der Waals surface area (Å²) in [5.41, 5.74) is 0.616. The van der Waals surface area contributed by atoms with Crippen LogP contribution in [-0.4, -0.2) is 36.1 Å². The largest absolute Gasteiger partial charge is 0.384 e. The molecule has 0 aromatic heterocycles. The molecule has 0 unspecified atom stereocenters. The van der Waals surface area contributed by atoms with Gasteiger partial charge in [-0.05, 0) is 25.5 Å². The predicted molar refractivity (Wildman–Crippen MR) is 68.1 cm³/mol. The summed E-state index contributed by atoms with van der Waals surface area (Å²) >= 11 is 0. The quantitative estimate of drug-likeness (QED) is 0.636. The van der Waals surface area contributed by atoms with Crippen molar-refractivity contribution < 1.29 is 14.7 Å². The van der Waals surface area contributed by atoms with Gasteiger partial charge in [-0.15, -0.1) is 0 Å². The number of carbonyl (C=O) groups is 2. The van der Waals surface area contributed by atoms with Crippen molar-refractivity contribution in [1.29, 1.82) is 0 Å². The van der Waals surface area contributed by atoms with E-state index in [0.717, 1.165) is 0 Å². The van der Waals surface area contributed by atoms with Crippen LogP contribution in [0.15, 0.2) is 30.3 Å². The van der Waals surface area contributed by atoms with Crippen molar-refractivity contribution in [3.63, 3.8) is 0 Å². The van der Waals surface area contributed by atoms with Crippen LogP contribution in [0.5, 0.6) is 0 Å². The highest BCUT2D eigenvalue weighted by atomic mass is 16.3. The maximum absolute atomic E-state index is 11.6. The SMILES string of the molecule is C[C@@H](O)C(=O)NCCCNC(=O)c1ccccc1. The third-order valence-corrected chi connectivity index (χ3v) is 2.35. The molecule has 0 spiro atoms. The molecule has 5 heteroatoms. The highest BCUT2D eigenvalue weighted by molar-refractivity contribution is 5.94. The van der Waals surface area contributed by atoms with Crippen molar-refractivity contribution in [3.8, 4) is 0 Å². The Morgan fingerprint density at radius 3 is 2.39 bits per heavy atom. The van der Waals surface area contributed by atoms with Crippen LogP contribution in [0.4, 0.5) is 0 Å². The molecule has 0 saturated heterocycles. The summed E-state index contributed by atoms with van der Waals surface area (Å²) < 4.78 is 0. The van der Waals surface area contributed by atoms with Crippen LogP contribution in [-0.2, 0) is 4.79 Å². The molecule has 3 N–H and O–H groups in total. The molecular weight excluding hydrogens is 232 g/mol. The third kappa shape index (κ3) is 4.97. The molecule has 5 nitrogen and oxygen atoms in total. The molecule has 18 heavy (non-hydrogen) atoms. The van der Waals surface area contributed by atoms with Gasteiger partial charge in [0.2, 0.25) is 5.91 Å². The van der Waals surface area contributed by atoms with E-state index < -0.39 is 12.0 Å². The molecule has 1 aromatic carbocycles. The maximum atomic E-state index is 11.6. The van der Waals surface area contributed by atoms with Crippen molar-refractivity contribution in [2.75, 3.05) is 13.1 Å². The zero-order valence-electron chi connectivity index (χ0n) is 10.3. The van der Waals surface area contributed by atoms with E-state index >= 15 is 0 Å². The highest BCUT2D eigenvalue weighted by Gasteiger charge is 2.07. The number of hydrogen-bond acceptors (Lipinski definition) is 3. The minimum absolute atomic E-state index is 0.127. The molecule has 0 aliphatic rings. The van der Waals surface area contributed by atoms with Gasteiger partial charge in [0.1, 0.15) is 6.10 Å². The fourth-order valence-corrected chi connectivity index (χ4v) is 1.34. The first kappa shape index (κ1) is 14.2. The number of nitrogens with one attached hydrogen (secondary N) is 2. The first-order valence-corrected chi connectivity index (χ1v) is 5.90. The Hall–Kier alpha value is -1.88. The minimum Gasteiger partial charge on any atom is -0.384 e. The summed E-state index contributed by atoms with van der Waals surface area (Å²) in [4.78, 5) is 22.6. The Labute approximate surface area is 106 Å². The van der Waals surface area contributed by atoms with E-state index in [0.29, 0.717) is 25.1 Å². The molecule has 0 fully saturated rings. The van der Waals surface area contributed by atoms with Gasteiger partial charge >= 0.3 is 0 Å². The topological polar surface area (TPSA) is 78.4 Å². The number of aliphatic hydroxyl groups excluding tert-OH is 1. The molecule has 98 valence electrons. The lowest BCUT2D eigenvalue weighted by molar-refractivity contribution is -0.128. The van der Waals surface area contributed by atoms with Crippen LogP contribution in [0, 0.1) is 0 Å². The molecule has 1 aromatic rings. The normalized spacial score (nSPS) is 11.7. The molecule has 0 radical (unpaired) electrons. The monoisotopic (exact) mass is 250 g/mol. The van der Waals surface area contributed by atoms with Crippen LogP contribution >= 0.6 is 0 Å². The van der Waals surface area contributed by atoms with E-state index in [4.69, 9.17) is 5.11 Å². The lowest BCUT2D eigenvalue weighted by Gasteiger charge is -2.08. The standard InChI is InChI=1S/C13H18N2O3/c1-10(16)12(17)14-8-5-9-15-13(18)11-6-3-2-4-7-11/h2-4,6-7,10,16H,5,8-9H2,1H3,(H,14,17)(H,15,18)/t10-/m1/s1. The van der Waals surface area contributed by atoms with Crippen LogP contribution in [0.3, 0.4) is 0 Å². The molecule has 0 saturated carbocycles. The molecule has 2 amide bonds. The smallest absolute Gasteiger partial charge is 0.251 e. The number of hydrogen-bond donors (Lipinski definition) is 3. The van der Waals surface area contributed by atoms with Crippen molar-refractivity contribution >= 4 is 11.8 Å². The van der Waals surface area contributed by atoms with Gasteiger partial charge in [0.25, 0.3) is 5.91 Å². The Balaban J connectivity index is 2.15. The van der Waals surface area contributed by atoms with Gasteiger partial charge in [-0.3, -0.25) is 9.59 Å². The first-order valence-electron chi connectivity index (χ1n) is 5.90. The molecule has 1 atom stereocenters. The summed E-state index contributed by atoms with van der Waals surface area (Å²) in [5, 5.41) is 14.2. The Morgan fingerprint density at radius 2 is 1.78 bits per heavy atom. The third-order valence-electron chi connectivity index (χ3n) is 2.35. The number of benzene rings is 1. The van der Waals surface area contributed by atoms with Gasteiger partial charge in [-0.25, -0.2) is 0 Å². The average molecular weight is 250 g/mol. The predicted octanol–water partition coefficient (Wildman–Crippen LogP) is 0.303. The molecule has 1 rings (SSSR count). The average Bonchev–Trinajstić information content (AvgIpc) is 2.38. The highest BCUT2D eigenvalue weighted by Crippen LogP contribution is 1.97. The van der Waals surface area contributed by atoms with E-state index in [1.165, 1.54) is 6.92 Å². The molecular formula is C13H18N2O3. The number of amides is 2. The fraction of sp³-hybridized carbons (Fsp3) is 0.385. The number of rotatable bonds is 6. The van der Waals surface area contributed by atoms with Gasteiger partial charge in [-0.1, -0.05) is 18.2 Å². The summed E-state index contributed by atoms with van der Waals surface area (Å²) in [6, 6.07) is 8.94. The van der Waals surface area contributed by atoms with Crippen LogP contribution in [0.1, 0.15) is 23.7 Å². The second kappa shape index (κ2) is 7.45. The molecule has 0 aliphatic carbocycles. The Kier molecular flexibility index (Phi) is 5.87. The minimum atomic E-state index is -0.996. The second-order valence-corrected chi connectivity index (χ2v) is 3.94. The zero-order chi connectivity index (χ0) is 13.4. The van der Waals surface area contributed by atoms with Crippen LogP contribution < -0.4 is 10.6 Å². The molecule has 0 heterocycles. The second-order valence-electron chi connectivity index (χ2n) is 3.94. The summed E-state index contributed by atoms with van der Waals surface area (Å²) in [5.74, 6) is -0.526. The van der Waals surface area contributed by atoms with E-state index in [1.807, 2.05) is 6.07 Å². The van der Waals surface area contributed by atoms with Gasteiger partial charge in [0, 0.05) is 18.7 Å². The fourth-order valence-electron chi connectivity index (χ4n) is 1.34.